The van der Waals surface area contributed by atoms with Crippen molar-refractivity contribution < 1.29 is 18.4 Å². The van der Waals surface area contributed by atoms with Crippen molar-refractivity contribution in [3.8, 4) is 0 Å². The summed E-state index contributed by atoms with van der Waals surface area (Å²) in [6.07, 6.45) is 1.63. The monoisotopic (exact) mass is 443 g/mol. The first kappa shape index (κ1) is 22.2. The van der Waals surface area contributed by atoms with E-state index >= 15 is 0 Å². The van der Waals surface area contributed by atoms with Crippen LogP contribution in [0.1, 0.15) is 16.2 Å². The first-order chi connectivity index (χ1) is 15.0. The predicted octanol–water partition coefficient (Wildman–Crippen LogP) is 3.40. The molecule has 0 fully saturated rings. The number of amides is 2. The van der Waals surface area contributed by atoms with Gasteiger partial charge in [-0.3, -0.25) is 9.59 Å². The molecule has 3 aromatic rings. The van der Waals surface area contributed by atoms with E-state index < -0.39 is 11.7 Å². The summed E-state index contributed by atoms with van der Waals surface area (Å²) >= 11 is 1.15. The fraction of sp³-hybridized carbons (Fsp3) is 0.143. The molecule has 2 amide bonds. The Bertz CT molecular complexity index is 1090. The van der Waals surface area contributed by atoms with Crippen LogP contribution in [0.3, 0.4) is 0 Å². The number of benzene rings is 2. The van der Waals surface area contributed by atoms with Gasteiger partial charge in [0.05, 0.1) is 17.9 Å². The molecule has 0 aliphatic rings. The summed E-state index contributed by atoms with van der Waals surface area (Å²) in [5.74, 6) is -1.38. The minimum atomic E-state index is -0.615. The minimum Gasteiger partial charge on any atom is -0.345 e. The van der Waals surface area contributed by atoms with Crippen molar-refractivity contribution >= 4 is 29.3 Å². The number of hydrogen-bond acceptors (Lipinski definition) is 5. The zero-order valence-corrected chi connectivity index (χ0v) is 17.2. The van der Waals surface area contributed by atoms with Crippen LogP contribution in [-0.2, 0) is 17.9 Å². The molecule has 0 unspecified atom stereocenters. The van der Waals surface area contributed by atoms with E-state index in [0.717, 1.165) is 11.8 Å². The van der Waals surface area contributed by atoms with E-state index in [2.05, 4.69) is 27.4 Å². The van der Waals surface area contributed by atoms with E-state index in [4.69, 9.17) is 0 Å². The van der Waals surface area contributed by atoms with Crippen molar-refractivity contribution in [2.45, 2.75) is 18.2 Å². The molecular formula is C21H19F2N5O2S. The number of allylic oxidation sites excluding steroid dienone is 1. The van der Waals surface area contributed by atoms with E-state index in [0.29, 0.717) is 23.2 Å². The lowest BCUT2D eigenvalue weighted by Crippen LogP contribution is -2.25. The molecule has 0 radical (unpaired) electrons. The molecule has 0 aliphatic carbocycles. The van der Waals surface area contributed by atoms with E-state index in [1.807, 2.05) is 0 Å². The number of halogens is 2. The van der Waals surface area contributed by atoms with Gasteiger partial charge in [0.1, 0.15) is 11.6 Å². The van der Waals surface area contributed by atoms with Gasteiger partial charge in [-0.25, -0.2) is 8.78 Å². The number of anilines is 1. The number of carbonyl (C=O) groups excluding carboxylic acids is 2. The summed E-state index contributed by atoms with van der Waals surface area (Å²) in [6, 6.07) is 11.1. The molecule has 0 atom stereocenters. The number of rotatable bonds is 9. The Kier molecular flexibility index (Phi) is 7.50. The molecule has 2 N–H and O–H groups in total. The zero-order valence-electron chi connectivity index (χ0n) is 16.3. The SMILES string of the molecule is C=CCn1c(CNC(=O)c2ccccc2F)nnc1SCC(=O)Nc1ccc(F)cc1. The third-order valence-electron chi connectivity index (χ3n) is 4.09. The second kappa shape index (κ2) is 10.5. The summed E-state index contributed by atoms with van der Waals surface area (Å²) in [5.41, 5.74) is 0.417. The molecule has 10 heteroatoms. The van der Waals surface area contributed by atoms with Crippen LogP contribution in [0.4, 0.5) is 14.5 Å². The maximum atomic E-state index is 13.8. The van der Waals surface area contributed by atoms with Gasteiger partial charge in [0.25, 0.3) is 5.91 Å². The van der Waals surface area contributed by atoms with Crippen molar-refractivity contribution in [2.75, 3.05) is 11.1 Å². The average Bonchev–Trinajstić information content (AvgIpc) is 3.14. The van der Waals surface area contributed by atoms with Crippen LogP contribution in [0.25, 0.3) is 0 Å². The van der Waals surface area contributed by atoms with Crippen LogP contribution >= 0.6 is 11.8 Å². The topological polar surface area (TPSA) is 88.9 Å². The maximum absolute atomic E-state index is 13.8. The lowest BCUT2D eigenvalue weighted by molar-refractivity contribution is -0.113. The summed E-state index contributed by atoms with van der Waals surface area (Å²) in [5, 5.41) is 13.9. The molecule has 1 aromatic heterocycles. The molecule has 0 saturated carbocycles. The van der Waals surface area contributed by atoms with Gasteiger partial charge in [0.2, 0.25) is 5.91 Å². The van der Waals surface area contributed by atoms with Crippen molar-refractivity contribution in [3.05, 3.63) is 84.2 Å². The molecule has 160 valence electrons. The first-order valence-electron chi connectivity index (χ1n) is 9.22. The van der Waals surface area contributed by atoms with Crippen molar-refractivity contribution in [1.29, 1.82) is 0 Å². The number of thioether (sulfide) groups is 1. The predicted molar refractivity (Wildman–Crippen MR) is 114 cm³/mol. The molecular weight excluding hydrogens is 424 g/mol. The van der Waals surface area contributed by atoms with E-state index in [1.54, 1.807) is 16.7 Å². The van der Waals surface area contributed by atoms with Crippen LogP contribution in [-0.4, -0.2) is 32.3 Å². The number of nitrogens with one attached hydrogen (secondary N) is 2. The Morgan fingerprint density at radius 2 is 1.84 bits per heavy atom. The molecule has 31 heavy (non-hydrogen) atoms. The maximum Gasteiger partial charge on any atom is 0.254 e. The molecule has 1 heterocycles. The van der Waals surface area contributed by atoms with Crippen molar-refractivity contribution in [1.82, 2.24) is 20.1 Å². The van der Waals surface area contributed by atoms with Crippen LogP contribution in [0.5, 0.6) is 0 Å². The van der Waals surface area contributed by atoms with Crippen LogP contribution < -0.4 is 10.6 Å². The number of nitrogens with zero attached hydrogens (tertiary/aromatic N) is 3. The molecule has 0 spiro atoms. The Balaban J connectivity index is 1.61. The quantitative estimate of drug-likeness (QED) is 0.391. The molecule has 0 bridgehead atoms. The van der Waals surface area contributed by atoms with E-state index in [-0.39, 0.29) is 29.6 Å². The molecule has 2 aromatic carbocycles. The number of carbonyl (C=O) groups is 2. The van der Waals surface area contributed by atoms with Gasteiger partial charge < -0.3 is 15.2 Å². The highest BCUT2D eigenvalue weighted by atomic mass is 32.2. The Morgan fingerprint density at radius 1 is 1.10 bits per heavy atom. The van der Waals surface area contributed by atoms with Crippen molar-refractivity contribution in [3.63, 3.8) is 0 Å². The van der Waals surface area contributed by atoms with Crippen LogP contribution in [0, 0.1) is 11.6 Å². The Labute approximate surface area is 181 Å². The average molecular weight is 443 g/mol. The Morgan fingerprint density at radius 3 is 2.55 bits per heavy atom. The molecule has 3 rings (SSSR count). The fourth-order valence-electron chi connectivity index (χ4n) is 2.63. The minimum absolute atomic E-state index is 0.0242. The van der Waals surface area contributed by atoms with E-state index in [9.17, 15) is 18.4 Å². The molecule has 7 nitrogen and oxygen atoms in total. The Hall–Kier alpha value is -3.53. The molecule has 0 aliphatic heterocycles. The third kappa shape index (κ3) is 5.98. The normalized spacial score (nSPS) is 10.5. The summed E-state index contributed by atoms with van der Waals surface area (Å²) in [6.45, 7) is 4.08. The third-order valence-corrected chi connectivity index (χ3v) is 5.06. The highest BCUT2D eigenvalue weighted by molar-refractivity contribution is 7.99. The second-order valence-electron chi connectivity index (χ2n) is 6.30. The smallest absolute Gasteiger partial charge is 0.254 e. The van der Waals surface area contributed by atoms with Crippen molar-refractivity contribution in [2.24, 2.45) is 0 Å². The van der Waals surface area contributed by atoms with Crippen LogP contribution in [0.2, 0.25) is 0 Å². The highest BCUT2D eigenvalue weighted by Crippen LogP contribution is 2.18. The second-order valence-corrected chi connectivity index (χ2v) is 7.25. The number of aromatic nitrogens is 3. The van der Waals surface area contributed by atoms with E-state index in [1.165, 1.54) is 42.5 Å². The van der Waals surface area contributed by atoms with Gasteiger partial charge in [0.15, 0.2) is 11.0 Å². The van der Waals surface area contributed by atoms with Gasteiger partial charge >= 0.3 is 0 Å². The summed E-state index contributed by atoms with van der Waals surface area (Å²) in [4.78, 5) is 24.4. The first-order valence-corrected chi connectivity index (χ1v) is 10.2. The summed E-state index contributed by atoms with van der Waals surface area (Å²) < 4.78 is 28.4. The lowest BCUT2D eigenvalue weighted by Gasteiger charge is -2.09. The van der Waals surface area contributed by atoms with Gasteiger partial charge in [-0.05, 0) is 36.4 Å². The molecule has 0 saturated heterocycles. The van der Waals surface area contributed by atoms with Gasteiger partial charge in [-0.1, -0.05) is 30.0 Å². The largest absolute Gasteiger partial charge is 0.345 e. The summed E-state index contributed by atoms with van der Waals surface area (Å²) in [7, 11) is 0. The van der Waals surface area contributed by atoms with Gasteiger partial charge in [-0.2, -0.15) is 0 Å². The number of hydrogen-bond donors (Lipinski definition) is 2. The fourth-order valence-corrected chi connectivity index (χ4v) is 3.40. The van der Waals surface area contributed by atoms with Gasteiger partial charge in [-0.15, -0.1) is 16.8 Å². The zero-order chi connectivity index (χ0) is 22.2. The highest BCUT2D eigenvalue weighted by Gasteiger charge is 2.16. The van der Waals surface area contributed by atoms with Crippen LogP contribution in [0.15, 0.2) is 66.3 Å². The lowest BCUT2D eigenvalue weighted by atomic mass is 10.2. The standard InChI is InChI=1S/C21H19F2N5O2S/c1-2-11-28-18(12-24-20(30)16-5-3-4-6-17(16)23)26-27-21(28)31-13-19(29)25-15-9-7-14(22)8-10-15/h2-10H,1,11-13H2,(H,24,30)(H,25,29). The van der Waals surface area contributed by atoms with Gasteiger partial charge in [0, 0.05) is 12.2 Å².